The number of hydrogen-bond donors (Lipinski definition) is 5. The molecule has 16 heteroatoms. The summed E-state index contributed by atoms with van der Waals surface area (Å²) in [5.41, 5.74) is 0.750. The number of carbonyl (C=O) groups is 8. The lowest BCUT2D eigenvalue weighted by molar-refractivity contribution is -0.153. The third-order valence-electron chi connectivity index (χ3n) is 9.13. The van der Waals surface area contributed by atoms with Gasteiger partial charge in [-0.1, -0.05) is 62.4 Å². The number of benzene rings is 1. The molecular weight excluding hydrogens is 712 g/mol. The molecule has 0 unspecified atom stereocenters. The summed E-state index contributed by atoms with van der Waals surface area (Å²) >= 11 is 0. The highest BCUT2D eigenvalue weighted by molar-refractivity contribution is 6.12. The van der Waals surface area contributed by atoms with Crippen molar-refractivity contribution in [2.45, 2.75) is 115 Å². The minimum Gasteiger partial charge on any atom is -0.462 e. The number of esters is 1. The minimum atomic E-state index is -1.07. The van der Waals surface area contributed by atoms with Gasteiger partial charge in [-0.05, 0) is 51.0 Å². The molecule has 2 aliphatic rings. The molecule has 1 fully saturated rings. The van der Waals surface area contributed by atoms with Crippen LogP contribution in [0.4, 0.5) is 0 Å². The summed E-state index contributed by atoms with van der Waals surface area (Å²) in [4.78, 5) is 99.4. The maximum atomic E-state index is 13.1. The molecule has 302 valence electrons. The Morgan fingerprint density at radius 2 is 1.33 bits per heavy atom. The quantitative estimate of drug-likeness (QED) is 0.0495. The van der Waals surface area contributed by atoms with Crippen LogP contribution in [-0.2, 0) is 54.3 Å². The van der Waals surface area contributed by atoms with E-state index in [1.807, 2.05) is 6.07 Å². The summed E-state index contributed by atoms with van der Waals surface area (Å²) in [5, 5.41) is 12.5. The Balaban J connectivity index is 1.32. The standard InChI is InChI=1S/C39H56N6O10/c1-28(22-38(52)55-30-16-10-4-2-3-5-11-17-30)54-27-43-34(48)25-42-39(53)31(23-29-14-8-6-9-15-29)44-35(49)26-41-33(47)24-40-32(46)18-12-7-13-21-45-36(50)19-20-37(45)51/h6,8-9,14-15,19-20,28,30-31H,2-5,7,10-13,16-18,21-27H2,1H3,(H,40,46)(H,41,47)(H,42,53)(H,43,48)(H,44,49)/t28-,31-/m0/s1. The van der Waals surface area contributed by atoms with E-state index < -0.39 is 48.9 Å². The highest BCUT2D eigenvalue weighted by Crippen LogP contribution is 2.20. The molecule has 3 rings (SSSR count). The molecule has 5 N–H and O–H groups in total. The van der Waals surface area contributed by atoms with E-state index in [-0.39, 0.29) is 68.9 Å². The molecule has 7 amide bonds. The third-order valence-corrected chi connectivity index (χ3v) is 9.13. The van der Waals surface area contributed by atoms with Crippen molar-refractivity contribution >= 4 is 47.3 Å². The highest BCUT2D eigenvalue weighted by atomic mass is 16.5. The molecule has 2 atom stereocenters. The van der Waals surface area contributed by atoms with Gasteiger partial charge in [-0.2, -0.15) is 0 Å². The summed E-state index contributed by atoms with van der Waals surface area (Å²) in [6.45, 7) is 0.596. The van der Waals surface area contributed by atoms with Gasteiger partial charge in [0, 0.05) is 31.5 Å². The molecule has 1 aliphatic heterocycles. The van der Waals surface area contributed by atoms with Gasteiger partial charge >= 0.3 is 5.97 Å². The Labute approximate surface area is 322 Å². The molecule has 0 saturated heterocycles. The third kappa shape index (κ3) is 18.7. The molecule has 0 spiro atoms. The number of ether oxygens (including phenoxy) is 2. The van der Waals surface area contributed by atoms with Crippen LogP contribution in [0, 0.1) is 0 Å². The zero-order valence-corrected chi connectivity index (χ0v) is 31.7. The number of amides is 7. The van der Waals surface area contributed by atoms with Crippen molar-refractivity contribution in [3.05, 3.63) is 48.0 Å². The van der Waals surface area contributed by atoms with Gasteiger partial charge in [-0.25, -0.2) is 0 Å². The summed E-state index contributed by atoms with van der Waals surface area (Å²) in [6.07, 6.45) is 12.4. The Morgan fingerprint density at radius 1 is 0.727 bits per heavy atom. The number of carbonyl (C=O) groups excluding carboxylic acids is 8. The van der Waals surface area contributed by atoms with Gasteiger partial charge in [0.25, 0.3) is 11.8 Å². The van der Waals surface area contributed by atoms with Crippen molar-refractivity contribution in [3.8, 4) is 0 Å². The van der Waals surface area contributed by atoms with Crippen LogP contribution in [0.2, 0.25) is 0 Å². The van der Waals surface area contributed by atoms with Crippen LogP contribution in [-0.4, -0.2) is 103 Å². The Morgan fingerprint density at radius 3 is 2.02 bits per heavy atom. The molecule has 0 radical (unpaired) electrons. The Hall–Kier alpha value is -5.12. The SMILES string of the molecule is C[C@@H](CC(=O)OC1CCCCCCCC1)OCNC(=O)CNC(=O)[C@H](Cc1ccccc1)NC(=O)CNC(=O)CNC(=O)CCCCCN1C(=O)C=CC1=O. The number of hydrogen-bond acceptors (Lipinski definition) is 10. The van der Waals surface area contributed by atoms with E-state index >= 15 is 0 Å². The van der Waals surface area contributed by atoms with Gasteiger partial charge in [0.15, 0.2) is 0 Å². The average molecular weight is 769 g/mol. The molecule has 1 heterocycles. The van der Waals surface area contributed by atoms with Gasteiger partial charge in [-0.3, -0.25) is 43.3 Å². The summed E-state index contributed by atoms with van der Waals surface area (Å²) < 4.78 is 11.2. The number of nitrogens with zero attached hydrogens (tertiary/aromatic N) is 1. The lowest BCUT2D eigenvalue weighted by atomic mass is 10.1. The maximum absolute atomic E-state index is 13.1. The van der Waals surface area contributed by atoms with Crippen molar-refractivity contribution in [3.63, 3.8) is 0 Å². The molecule has 1 aromatic rings. The largest absolute Gasteiger partial charge is 0.462 e. The van der Waals surface area contributed by atoms with E-state index in [4.69, 9.17) is 9.47 Å². The van der Waals surface area contributed by atoms with Gasteiger partial charge in [0.1, 0.15) is 18.9 Å². The fourth-order valence-corrected chi connectivity index (χ4v) is 6.06. The average Bonchev–Trinajstić information content (AvgIpc) is 3.54. The fraction of sp³-hybridized carbons (Fsp3) is 0.590. The first-order valence-corrected chi connectivity index (χ1v) is 19.3. The van der Waals surface area contributed by atoms with Crippen LogP contribution in [0.25, 0.3) is 0 Å². The van der Waals surface area contributed by atoms with Crippen molar-refractivity contribution in [1.82, 2.24) is 31.5 Å². The minimum absolute atomic E-state index is 0.0494. The van der Waals surface area contributed by atoms with E-state index in [1.165, 1.54) is 25.0 Å². The van der Waals surface area contributed by atoms with Gasteiger partial charge < -0.3 is 36.1 Å². The van der Waals surface area contributed by atoms with E-state index in [1.54, 1.807) is 31.2 Å². The van der Waals surface area contributed by atoms with Crippen LogP contribution < -0.4 is 26.6 Å². The maximum Gasteiger partial charge on any atom is 0.308 e. The van der Waals surface area contributed by atoms with Crippen LogP contribution in [0.15, 0.2) is 42.5 Å². The highest BCUT2D eigenvalue weighted by Gasteiger charge is 2.24. The molecule has 1 aliphatic carbocycles. The van der Waals surface area contributed by atoms with Crippen molar-refractivity contribution in [2.24, 2.45) is 0 Å². The molecule has 0 aromatic heterocycles. The Bertz CT molecular complexity index is 1460. The second kappa shape index (κ2) is 25.1. The predicted molar refractivity (Wildman–Crippen MR) is 200 cm³/mol. The molecule has 16 nitrogen and oxygen atoms in total. The fourth-order valence-electron chi connectivity index (χ4n) is 6.06. The van der Waals surface area contributed by atoms with Crippen molar-refractivity contribution in [2.75, 3.05) is 32.9 Å². The van der Waals surface area contributed by atoms with Crippen LogP contribution in [0.1, 0.15) is 96.0 Å². The van der Waals surface area contributed by atoms with E-state index in [9.17, 15) is 38.4 Å². The molecule has 1 aromatic carbocycles. The second-order valence-corrected chi connectivity index (χ2v) is 13.8. The summed E-state index contributed by atoms with van der Waals surface area (Å²) in [7, 11) is 0. The summed E-state index contributed by atoms with van der Waals surface area (Å²) in [6, 6.07) is 7.87. The number of imide groups is 1. The first-order chi connectivity index (χ1) is 26.5. The van der Waals surface area contributed by atoms with Crippen molar-refractivity contribution in [1.29, 1.82) is 0 Å². The zero-order chi connectivity index (χ0) is 39.8. The van der Waals surface area contributed by atoms with Crippen LogP contribution in [0.3, 0.4) is 0 Å². The lowest BCUT2D eigenvalue weighted by Crippen LogP contribution is -2.52. The van der Waals surface area contributed by atoms with E-state index in [0.717, 1.165) is 49.0 Å². The normalized spacial score (nSPS) is 15.8. The first-order valence-electron chi connectivity index (χ1n) is 19.3. The topological polar surface area (TPSA) is 218 Å². The van der Waals surface area contributed by atoms with Gasteiger partial charge in [0.2, 0.25) is 29.5 Å². The van der Waals surface area contributed by atoms with Gasteiger partial charge in [-0.15, -0.1) is 0 Å². The zero-order valence-electron chi connectivity index (χ0n) is 31.7. The van der Waals surface area contributed by atoms with Gasteiger partial charge in [0.05, 0.1) is 32.2 Å². The summed E-state index contributed by atoms with van der Waals surface area (Å²) in [5.74, 6) is -3.83. The molecular formula is C39H56N6O10. The van der Waals surface area contributed by atoms with Crippen molar-refractivity contribution < 1.29 is 47.8 Å². The second-order valence-electron chi connectivity index (χ2n) is 13.8. The molecule has 1 saturated carbocycles. The number of unbranched alkanes of at least 4 members (excludes halogenated alkanes) is 2. The lowest BCUT2D eigenvalue weighted by Gasteiger charge is -2.20. The smallest absolute Gasteiger partial charge is 0.308 e. The Kier molecular flexibility index (Phi) is 20.2. The predicted octanol–water partition coefficient (Wildman–Crippen LogP) is 1.46. The van der Waals surface area contributed by atoms with Crippen LogP contribution in [0.5, 0.6) is 0 Å². The number of nitrogens with one attached hydrogen (secondary N) is 5. The van der Waals surface area contributed by atoms with E-state index in [2.05, 4.69) is 26.6 Å². The monoisotopic (exact) mass is 768 g/mol. The molecule has 0 bridgehead atoms. The first kappa shape index (κ1) is 44.3. The molecule has 55 heavy (non-hydrogen) atoms. The van der Waals surface area contributed by atoms with Crippen LogP contribution >= 0.6 is 0 Å². The van der Waals surface area contributed by atoms with E-state index in [0.29, 0.717) is 19.3 Å². The number of rotatable bonds is 22.